The number of hydrogen-bond acceptors (Lipinski definition) is 2. The van der Waals surface area contributed by atoms with Gasteiger partial charge in [0.15, 0.2) is 6.61 Å². The van der Waals surface area contributed by atoms with E-state index >= 15 is 0 Å². The monoisotopic (exact) mass is 229 g/mol. The molecule has 5 heteroatoms. The van der Waals surface area contributed by atoms with Crippen molar-refractivity contribution in [2.24, 2.45) is 0 Å². The van der Waals surface area contributed by atoms with Crippen LogP contribution < -0.4 is 10.1 Å². The molecule has 0 unspecified atom stereocenters. The van der Waals surface area contributed by atoms with Gasteiger partial charge in [0.05, 0.1) is 0 Å². The van der Waals surface area contributed by atoms with Crippen molar-refractivity contribution in [3.63, 3.8) is 0 Å². The van der Waals surface area contributed by atoms with E-state index in [9.17, 15) is 13.6 Å². The Morgan fingerprint density at radius 2 is 1.94 bits per heavy atom. The lowest BCUT2D eigenvalue weighted by Gasteiger charge is -2.06. The third-order valence-corrected chi connectivity index (χ3v) is 1.78. The summed E-state index contributed by atoms with van der Waals surface area (Å²) in [6, 6.07) is 2.79. The van der Waals surface area contributed by atoms with Gasteiger partial charge in [-0.2, -0.15) is 0 Å². The summed E-state index contributed by atoms with van der Waals surface area (Å²) in [6.07, 6.45) is 0.820. The van der Waals surface area contributed by atoms with Gasteiger partial charge in [-0.05, 0) is 6.42 Å². The van der Waals surface area contributed by atoms with Crippen LogP contribution in [0.1, 0.15) is 13.3 Å². The van der Waals surface area contributed by atoms with Crippen molar-refractivity contribution in [1.29, 1.82) is 0 Å². The molecule has 0 aliphatic heterocycles. The first-order chi connectivity index (χ1) is 7.61. The Morgan fingerprint density at radius 1 is 1.31 bits per heavy atom. The average Bonchev–Trinajstić information content (AvgIpc) is 2.22. The molecule has 88 valence electrons. The Labute approximate surface area is 92.4 Å². The lowest BCUT2D eigenvalue weighted by molar-refractivity contribution is -0.123. The van der Waals surface area contributed by atoms with Crippen molar-refractivity contribution in [2.75, 3.05) is 13.2 Å². The first kappa shape index (κ1) is 12.4. The van der Waals surface area contributed by atoms with E-state index in [0.717, 1.165) is 24.6 Å². The molecule has 3 nitrogen and oxygen atoms in total. The van der Waals surface area contributed by atoms with Gasteiger partial charge in [0.25, 0.3) is 5.91 Å². The zero-order chi connectivity index (χ0) is 12.0. The van der Waals surface area contributed by atoms with Crippen LogP contribution in [0.2, 0.25) is 0 Å². The van der Waals surface area contributed by atoms with E-state index in [1.54, 1.807) is 0 Å². The van der Waals surface area contributed by atoms with Crippen LogP contribution in [0.5, 0.6) is 5.75 Å². The van der Waals surface area contributed by atoms with Crippen molar-refractivity contribution in [2.45, 2.75) is 13.3 Å². The van der Waals surface area contributed by atoms with Crippen LogP contribution in [0.4, 0.5) is 8.78 Å². The van der Waals surface area contributed by atoms with Crippen LogP contribution in [0.15, 0.2) is 18.2 Å². The number of carbonyl (C=O) groups is 1. The normalized spacial score (nSPS) is 9.94. The van der Waals surface area contributed by atoms with Gasteiger partial charge in [-0.15, -0.1) is 0 Å². The van der Waals surface area contributed by atoms with Crippen molar-refractivity contribution >= 4 is 5.91 Å². The number of carbonyl (C=O) groups excluding carboxylic acids is 1. The highest BCUT2D eigenvalue weighted by Crippen LogP contribution is 2.14. The van der Waals surface area contributed by atoms with Crippen molar-refractivity contribution in [3.8, 4) is 5.75 Å². The maximum atomic E-state index is 12.7. The van der Waals surface area contributed by atoms with Gasteiger partial charge in [-0.1, -0.05) is 6.92 Å². The van der Waals surface area contributed by atoms with E-state index < -0.39 is 11.6 Å². The SMILES string of the molecule is CCCNC(=O)COc1cc(F)cc(F)c1. The largest absolute Gasteiger partial charge is 0.484 e. The van der Waals surface area contributed by atoms with Gasteiger partial charge in [-0.25, -0.2) is 8.78 Å². The first-order valence-electron chi connectivity index (χ1n) is 4.97. The molecule has 1 N–H and O–H groups in total. The van der Waals surface area contributed by atoms with Crippen molar-refractivity contribution < 1.29 is 18.3 Å². The topological polar surface area (TPSA) is 38.3 Å². The fraction of sp³-hybridized carbons (Fsp3) is 0.364. The van der Waals surface area contributed by atoms with Crippen LogP contribution in [0, 0.1) is 11.6 Å². The maximum Gasteiger partial charge on any atom is 0.257 e. The number of hydrogen-bond donors (Lipinski definition) is 1. The standard InChI is InChI=1S/C11H13F2NO2/c1-2-3-14-11(15)7-16-10-5-8(12)4-9(13)6-10/h4-6H,2-3,7H2,1H3,(H,14,15). The van der Waals surface area contributed by atoms with Crippen LogP contribution in [0.25, 0.3) is 0 Å². The Bertz CT molecular complexity index is 349. The van der Waals surface area contributed by atoms with E-state index in [4.69, 9.17) is 4.74 Å². The highest BCUT2D eigenvalue weighted by atomic mass is 19.1. The van der Waals surface area contributed by atoms with Crippen molar-refractivity contribution in [3.05, 3.63) is 29.8 Å². The molecular weight excluding hydrogens is 216 g/mol. The number of rotatable bonds is 5. The molecule has 1 rings (SSSR count). The highest BCUT2D eigenvalue weighted by molar-refractivity contribution is 5.77. The fourth-order valence-corrected chi connectivity index (χ4v) is 1.08. The number of nitrogens with one attached hydrogen (secondary N) is 1. The summed E-state index contributed by atoms with van der Waals surface area (Å²) >= 11 is 0. The van der Waals surface area contributed by atoms with Crippen LogP contribution in [-0.2, 0) is 4.79 Å². The molecule has 0 aromatic heterocycles. The summed E-state index contributed by atoms with van der Waals surface area (Å²) in [7, 11) is 0. The quantitative estimate of drug-likeness (QED) is 0.837. The molecule has 1 amide bonds. The molecule has 0 fully saturated rings. The molecule has 0 saturated carbocycles. The molecule has 0 radical (unpaired) electrons. The van der Waals surface area contributed by atoms with Gasteiger partial charge < -0.3 is 10.1 Å². The lowest BCUT2D eigenvalue weighted by Crippen LogP contribution is -2.29. The highest BCUT2D eigenvalue weighted by Gasteiger charge is 2.04. The molecule has 0 aliphatic carbocycles. The second kappa shape index (κ2) is 6.05. The number of halogens is 2. The Morgan fingerprint density at radius 3 is 2.50 bits per heavy atom. The maximum absolute atomic E-state index is 12.7. The first-order valence-corrected chi connectivity index (χ1v) is 4.97. The smallest absolute Gasteiger partial charge is 0.257 e. The second-order valence-corrected chi connectivity index (χ2v) is 3.24. The van der Waals surface area contributed by atoms with Crippen LogP contribution in [0.3, 0.4) is 0 Å². The van der Waals surface area contributed by atoms with E-state index in [1.165, 1.54) is 0 Å². The zero-order valence-corrected chi connectivity index (χ0v) is 8.93. The van der Waals surface area contributed by atoms with Gasteiger partial charge in [0.1, 0.15) is 17.4 Å². The Balaban J connectivity index is 2.45. The van der Waals surface area contributed by atoms with Crippen molar-refractivity contribution in [1.82, 2.24) is 5.32 Å². The summed E-state index contributed by atoms with van der Waals surface area (Å²) in [5.41, 5.74) is 0. The van der Waals surface area contributed by atoms with E-state index in [0.29, 0.717) is 6.54 Å². The van der Waals surface area contributed by atoms with Gasteiger partial charge >= 0.3 is 0 Å². The van der Waals surface area contributed by atoms with E-state index in [-0.39, 0.29) is 18.3 Å². The summed E-state index contributed by atoms with van der Waals surface area (Å²) in [5.74, 6) is -1.77. The Hall–Kier alpha value is -1.65. The molecule has 0 saturated heterocycles. The van der Waals surface area contributed by atoms with E-state index in [2.05, 4.69) is 5.32 Å². The van der Waals surface area contributed by atoms with Crippen LogP contribution in [-0.4, -0.2) is 19.1 Å². The third kappa shape index (κ3) is 4.25. The minimum absolute atomic E-state index is 0.00384. The van der Waals surface area contributed by atoms with Gasteiger partial charge in [0, 0.05) is 24.7 Å². The molecule has 0 atom stereocenters. The molecule has 16 heavy (non-hydrogen) atoms. The van der Waals surface area contributed by atoms with Gasteiger partial charge in [-0.3, -0.25) is 4.79 Å². The summed E-state index contributed by atoms with van der Waals surface area (Å²) in [4.78, 5) is 11.1. The molecule has 0 aliphatic rings. The second-order valence-electron chi connectivity index (χ2n) is 3.24. The fourth-order valence-electron chi connectivity index (χ4n) is 1.08. The summed E-state index contributed by atoms with van der Waals surface area (Å²) < 4.78 is 30.4. The van der Waals surface area contributed by atoms with Crippen LogP contribution >= 0.6 is 0 Å². The minimum Gasteiger partial charge on any atom is -0.484 e. The summed E-state index contributed by atoms with van der Waals surface area (Å²) in [5, 5.41) is 2.58. The minimum atomic E-state index is -0.732. The molecule has 1 aromatic rings. The van der Waals surface area contributed by atoms with E-state index in [1.807, 2.05) is 6.92 Å². The molecule has 0 heterocycles. The third-order valence-electron chi connectivity index (χ3n) is 1.78. The number of ether oxygens (including phenoxy) is 1. The lowest BCUT2D eigenvalue weighted by atomic mass is 10.3. The average molecular weight is 229 g/mol. The number of amides is 1. The zero-order valence-electron chi connectivity index (χ0n) is 8.93. The van der Waals surface area contributed by atoms with Gasteiger partial charge in [0.2, 0.25) is 0 Å². The molecule has 0 spiro atoms. The molecular formula is C11H13F2NO2. The predicted octanol–water partition coefficient (Wildman–Crippen LogP) is 1.87. The Kier molecular flexibility index (Phi) is 4.69. The molecule has 0 bridgehead atoms. The number of benzene rings is 1. The predicted molar refractivity (Wildman–Crippen MR) is 55.2 cm³/mol. The summed E-state index contributed by atoms with van der Waals surface area (Å²) in [6.45, 7) is 2.23. The molecule has 1 aromatic carbocycles.